The van der Waals surface area contributed by atoms with Gasteiger partial charge in [-0.1, -0.05) is 0 Å². The van der Waals surface area contributed by atoms with Gasteiger partial charge < -0.3 is 10.1 Å². The van der Waals surface area contributed by atoms with E-state index in [4.69, 9.17) is 4.74 Å². The van der Waals surface area contributed by atoms with Crippen molar-refractivity contribution in [2.24, 2.45) is 5.92 Å². The van der Waals surface area contributed by atoms with Crippen molar-refractivity contribution in [3.63, 3.8) is 0 Å². The van der Waals surface area contributed by atoms with E-state index in [0.29, 0.717) is 12.1 Å². The average Bonchev–Trinajstić information content (AvgIpc) is 3.05. The zero-order valence-electron chi connectivity index (χ0n) is 11.0. The molecular weight excluding hydrogens is 212 g/mol. The summed E-state index contributed by atoms with van der Waals surface area (Å²) in [6.07, 6.45) is 7.24. The number of hydrogen-bond acceptors (Lipinski definition) is 3. The van der Waals surface area contributed by atoms with Crippen LogP contribution in [0.1, 0.15) is 39.0 Å². The van der Waals surface area contributed by atoms with Crippen LogP contribution in [0.15, 0.2) is 0 Å². The summed E-state index contributed by atoms with van der Waals surface area (Å²) in [5.41, 5.74) is 0. The van der Waals surface area contributed by atoms with E-state index in [-0.39, 0.29) is 0 Å². The minimum Gasteiger partial charge on any atom is -0.378 e. The first-order valence-electron chi connectivity index (χ1n) is 7.42. The third kappa shape index (κ3) is 3.01. The molecule has 0 spiro atoms. The highest BCUT2D eigenvalue weighted by Crippen LogP contribution is 2.34. The summed E-state index contributed by atoms with van der Waals surface area (Å²) >= 11 is 0. The van der Waals surface area contributed by atoms with E-state index in [1.54, 1.807) is 0 Å². The molecule has 2 saturated heterocycles. The zero-order valence-corrected chi connectivity index (χ0v) is 11.0. The van der Waals surface area contributed by atoms with Gasteiger partial charge in [0.1, 0.15) is 0 Å². The van der Waals surface area contributed by atoms with E-state index in [0.717, 1.165) is 18.6 Å². The third-order valence-electron chi connectivity index (χ3n) is 4.68. The molecule has 98 valence electrons. The monoisotopic (exact) mass is 238 g/mol. The smallest absolute Gasteiger partial charge is 0.0588 e. The Bertz CT molecular complexity index is 249. The van der Waals surface area contributed by atoms with Crippen LogP contribution in [-0.4, -0.2) is 49.3 Å². The van der Waals surface area contributed by atoms with Gasteiger partial charge in [-0.2, -0.15) is 0 Å². The molecule has 17 heavy (non-hydrogen) atoms. The molecule has 3 unspecified atom stereocenters. The molecule has 0 aromatic carbocycles. The van der Waals surface area contributed by atoms with E-state index < -0.39 is 0 Å². The second kappa shape index (κ2) is 5.25. The number of ether oxygens (including phenoxy) is 1. The predicted octanol–water partition coefficient (Wildman–Crippen LogP) is 1.63. The van der Waals surface area contributed by atoms with Gasteiger partial charge in [0.15, 0.2) is 0 Å². The summed E-state index contributed by atoms with van der Waals surface area (Å²) in [5, 5.41) is 3.72. The molecule has 3 nitrogen and oxygen atoms in total. The summed E-state index contributed by atoms with van der Waals surface area (Å²) < 4.78 is 5.72. The van der Waals surface area contributed by atoms with Crippen molar-refractivity contribution in [2.45, 2.75) is 57.2 Å². The maximum Gasteiger partial charge on any atom is 0.0588 e. The van der Waals surface area contributed by atoms with Gasteiger partial charge >= 0.3 is 0 Å². The van der Waals surface area contributed by atoms with E-state index in [1.807, 2.05) is 0 Å². The predicted molar refractivity (Wildman–Crippen MR) is 69.1 cm³/mol. The summed E-state index contributed by atoms with van der Waals surface area (Å²) in [5.74, 6) is 0.979. The van der Waals surface area contributed by atoms with Gasteiger partial charge in [-0.15, -0.1) is 0 Å². The number of hydrogen-bond donors (Lipinski definition) is 1. The molecule has 3 aliphatic rings. The van der Waals surface area contributed by atoms with Crippen LogP contribution in [0.3, 0.4) is 0 Å². The molecule has 0 radical (unpaired) electrons. The zero-order chi connectivity index (χ0) is 11.7. The molecule has 1 N–H and O–H groups in total. The molecule has 0 aromatic heterocycles. The Morgan fingerprint density at radius 2 is 2.18 bits per heavy atom. The normalized spacial score (nSPS) is 39.7. The Balaban J connectivity index is 1.45. The first-order chi connectivity index (χ1) is 8.33. The minimum atomic E-state index is 0.552. The van der Waals surface area contributed by atoms with Crippen molar-refractivity contribution < 1.29 is 4.74 Å². The Hall–Kier alpha value is -0.120. The second-order valence-electron chi connectivity index (χ2n) is 6.12. The molecule has 2 heterocycles. The van der Waals surface area contributed by atoms with Gasteiger partial charge in [-0.25, -0.2) is 0 Å². The Morgan fingerprint density at radius 3 is 2.88 bits per heavy atom. The summed E-state index contributed by atoms with van der Waals surface area (Å²) in [6, 6.07) is 1.47. The number of nitrogens with zero attached hydrogens (tertiary/aromatic N) is 1. The van der Waals surface area contributed by atoms with Gasteiger partial charge in [0, 0.05) is 38.3 Å². The van der Waals surface area contributed by atoms with Gasteiger partial charge in [0.05, 0.1) is 6.10 Å². The third-order valence-corrected chi connectivity index (χ3v) is 4.68. The SMILES string of the molecule is CC1CNC(C2CC2)CN1CCC1CCCO1. The van der Waals surface area contributed by atoms with Gasteiger partial charge in [-0.3, -0.25) is 4.90 Å². The van der Waals surface area contributed by atoms with Crippen molar-refractivity contribution in [1.29, 1.82) is 0 Å². The van der Waals surface area contributed by atoms with Crippen LogP contribution < -0.4 is 5.32 Å². The topological polar surface area (TPSA) is 24.5 Å². The molecule has 0 bridgehead atoms. The second-order valence-corrected chi connectivity index (χ2v) is 6.12. The van der Waals surface area contributed by atoms with E-state index in [2.05, 4.69) is 17.1 Å². The maximum atomic E-state index is 5.72. The molecule has 0 amide bonds. The van der Waals surface area contributed by atoms with Crippen molar-refractivity contribution in [2.75, 3.05) is 26.2 Å². The molecule has 3 atom stereocenters. The first kappa shape index (κ1) is 11.9. The molecule has 3 heteroatoms. The van der Waals surface area contributed by atoms with Crippen LogP contribution in [-0.2, 0) is 4.74 Å². The minimum absolute atomic E-state index is 0.552. The molecular formula is C14H26N2O. The lowest BCUT2D eigenvalue weighted by Gasteiger charge is -2.39. The maximum absolute atomic E-state index is 5.72. The molecule has 2 aliphatic heterocycles. The highest BCUT2D eigenvalue weighted by Gasteiger charge is 2.36. The fraction of sp³-hybridized carbons (Fsp3) is 1.00. The van der Waals surface area contributed by atoms with Gasteiger partial charge in [-0.05, 0) is 44.9 Å². The molecule has 3 rings (SSSR count). The standard InChI is InChI=1S/C14H26N2O/c1-11-9-15-14(12-4-5-12)10-16(11)7-6-13-3-2-8-17-13/h11-15H,2-10H2,1H3. The van der Waals surface area contributed by atoms with Crippen LogP contribution >= 0.6 is 0 Å². The van der Waals surface area contributed by atoms with E-state index in [9.17, 15) is 0 Å². The van der Waals surface area contributed by atoms with Crippen LogP contribution in [0.2, 0.25) is 0 Å². The van der Waals surface area contributed by atoms with Crippen molar-refractivity contribution in [1.82, 2.24) is 10.2 Å². The number of nitrogens with one attached hydrogen (secondary N) is 1. The lowest BCUT2D eigenvalue weighted by Crippen LogP contribution is -2.56. The van der Waals surface area contributed by atoms with Gasteiger partial charge in [0.25, 0.3) is 0 Å². The molecule has 1 saturated carbocycles. The summed E-state index contributed by atoms with van der Waals surface area (Å²) in [4.78, 5) is 2.68. The van der Waals surface area contributed by atoms with Crippen molar-refractivity contribution >= 4 is 0 Å². The Morgan fingerprint density at radius 1 is 1.29 bits per heavy atom. The summed E-state index contributed by atoms with van der Waals surface area (Å²) in [7, 11) is 0. The van der Waals surface area contributed by atoms with Crippen molar-refractivity contribution in [3.05, 3.63) is 0 Å². The lowest BCUT2D eigenvalue weighted by atomic mass is 10.1. The van der Waals surface area contributed by atoms with Crippen LogP contribution in [0.25, 0.3) is 0 Å². The quantitative estimate of drug-likeness (QED) is 0.805. The Labute approximate surface area is 105 Å². The first-order valence-corrected chi connectivity index (χ1v) is 7.42. The van der Waals surface area contributed by atoms with Crippen LogP contribution in [0.5, 0.6) is 0 Å². The molecule has 1 aliphatic carbocycles. The van der Waals surface area contributed by atoms with Crippen LogP contribution in [0, 0.1) is 5.92 Å². The fourth-order valence-corrected chi connectivity index (χ4v) is 3.26. The Kier molecular flexibility index (Phi) is 3.69. The van der Waals surface area contributed by atoms with Crippen molar-refractivity contribution in [3.8, 4) is 0 Å². The van der Waals surface area contributed by atoms with Gasteiger partial charge in [0.2, 0.25) is 0 Å². The average molecular weight is 238 g/mol. The number of rotatable bonds is 4. The fourth-order valence-electron chi connectivity index (χ4n) is 3.26. The number of piperazine rings is 1. The van der Waals surface area contributed by atoms with E-state index in [1.165, 1.54) is 51.7 Å². The highest BCUT2D eigenvalue weighted by molar-refractivity contribution is 4.93. The van der Waals surface area contributed by atoms with Crippen LogP contribution in [0.4, 0.5) is 0 Å². The molecule has 0 aromatic rings. The summed E-state index contributed by atoms with van der Waals surface area (Å²) in [6.45, 7) is 7.01. The lowest BCUT2D eigenvalue weighted by molar-refractivity contribution is 0.0723. The molecule has 3 fully saturated rings. The highest BCUT2D eigenvalue weighted by atomic mass is 16.5. The van der Waals surface area contributed by atoms with E-state index >= 15 is 0 Å². The largest absolute Gasteiger partial charge is 0.378 e.